The van der Waals surface area contributed by atoms with Crippen LogP contribution in [0.1, 0.15) is 18.9 Å². The lowest BCUT2D eigenvalue weighted by molar-refractivity contribution is -0.385. The van der Waals surface area contributed by atoms with Crippen LogP contribution in [0.15, 0.2) is 22.9 Å². The zero-order valence-corrected chi connectivity index (χ0v) is 9.85. The lowest BCUT2D eigenvalue weighted by Gasteiger charge is -2.01. The molecule has 0 aliphatic heterocycles. The summed E-state index contributed by atoms with van der Waals surface area (Å²) in [7, 11) is 0. The molecule has 1 aromatic heterocycles. The average molecular weight is 282 g/mol. The number of hydrogen-bond donors (Lipinski definition) is 0. The summed E-state index contributed by atoms with van der Waals surface area (Å²) in [5.41, 5.74) is 1.73. The molecule has 1 aliphatic carbocycles. The van der Waals surface area contributed by atoms with Crippen LogP contribution in [0.25, 0.3) is 11.0 Å². The summed E-state index contributed by atoms with van der Waals surface area (Å²) >= 11 is 3.19. The first kappa shape index (κ1) is 9.77. The molecule has 2 aromatic rings. The zero-order chi connectivity index (χ0) is 11.3. The molecule has 5 nitrogen and oxygen atoms in total. The van der Waals surface area contributed by atoms with Crippen molar-refractivity contribution in [1.29, 1.82) is 0 Å². The number of aromatic nitrogens is 2. The third-order valence-electron chi connectivity index (χ3n) is 2.78. The molecule has 1 aliphatic rings. The van der Waals surface area contributed by atoms with Gasteiger partial charge in [-0.25, -0.2) is 4.98 Å². The Balaban J connectivity index is 2.26. The summed E-state index contributed by atoms with van der Waals surface area (Å²) in [5.74, 6) is 0. The summed E-state index contributed by atoms with van der Waals surface area (Å²) < 4.78 is 2.50. The van der Waals surface area contributed by atoms with E-state index < -0.39 is 0 Å². The molecule has 16 heavy (non-hydrogen) atoms. The van der Waals surface area contributed by atoms with Crippen molar-refractivity contribution >= 4 is 32.7 Å². The lowest BCUT2D eigenvalue weighted by Crippen LogP contribution is -1.93. The molecule has 0 radical (unpaired) electrons. The number of nitro groups is 1. The van der Waals surface area contributed by atoms with Gasteiger partial charge in [0.15, 0.2) is 0 Å². The third-order valence-corrected chi connectivity index (χ3v) is 3.42. The molecule has 3 rings (SSSR count). The van der Waals surface area contributed by atoms with Gasteiger partial charge in [-0.3, -0.25) is 10.1 Å². The number of fused-ring (bicyclic) bond motifs is 1. The lowest BCUT2D eigenvalue weighted by atomic mass is 10.3. The molecular weight excluding hydrogens is 274 g/mol. The van der Waals surface area contributed by atoms with Crippen LogP contribution in [-0.2, 0) is 0 Å². The van der Waals surface area contributed by atoms with Crippen LogP contribution in [0.3, 0.4) is 0 Å². The van der Waals surface area contributed by atoms with E-state index in [4.69, 9.17) is 0 Å². The van der Waals surface area contributed by atoms with Crippen molar-refractivity contribution in [2.24, 2.45) is 0 Å². The molecule has 0 N–H and O–H groups in total. The second-order valence-electron chi connectivity index (χ2n) is 3.93. The quantitative estimate of drug-likeness (QED) is 0.628. The van der Waals surface area contributed by atoms with Crippen molar-refractivity contribution in [2.75, 3.05) is 0 Å². The first-order valence-electron chi connectivity index (χ1n) is 4.97. The van der Waals surface area contributed by atoms with Crippen molar-refractivity contribution in [1.82, 2.24) is 9.55 Å². The Morgan fingerprint density at radius 1 is 1.50 bits per heavy atom. The molecule has 1 heterocycles. The van der Waals surface area contributed by atoms with Gasteiger partial charge in [0.2, 0.25) is 0 Å². The van der Waals surface area contributed by atoms with Crippen LogP contribution in [0.4, 0.5) is 5.69 Å². The predicted octanol–water partition coefficient (Wildman–Crippen LogP) is 3.04. The average Bonchev–Trinajstić information content (AvgIpc) is 2.99. The standard InChI is InChI=1S/C10H8BrN3O2/c11-7-3-8-10(4-9(7)14(15)16)13(5-12-8)6-1-2-6/h3-6H,1-2H2. The molecule has 6 heteroatoms. The molecule has 1 aromatic carbocycles. The summed E-state index contributed by atoms with van der Waals surface area (Å²) in [4.78, 5) is 14.7. The SMILES string of the molecule is O=[N+]([O-])c1cc2c(cc1Br)ncn2C1CC1. The van der Waals surface area contributed by atoms with E-state index in [1.807, 2.05) is 4.57 Å². The maximum absolute atomic E-state index is 10.8. The topological polar surface area (TPSA) is 61.0 Å². The molecule has 0 unspecified atom stereocenters. The minimum atomic E-state index is -0.381. The normalized spacial score (nSPS) is 15.6. The first-order chi connectivity index (χ1) is 7.66. The van der Waals surface area contributed by atoms with Crippen LogP contribution in [-0.4, -0.2) is 14.5 Å². The first-order valence-corrected chi connectivity index (χ1v) is 5.76. The van der Waals surface area contributed by atoms with E-state index in [-0.39, 0.29) is 10.6 Å². The van der Waals surface area contributed by atoms with Gasteiger partial charge >= 0.3 is 0 Å². The number of benzene rings is 1. The van der Waals surface area contributed by atoms with Gasteiger partial charge in [-0.2, -0.15) is 0 Å². The Kier molecular flexibility index (Phi) is 2.00. The summed E-state index contributed by atoms with van der Waals surface area (Å²) in [6.45, 7) is 0. The second-order valence-corrected chi connectivity index (χ2v) is 4.79. The molecule has 1 saturated carbocycles. The van der Waals surface area contributed by atoms with E-state index in [2.05, 4.69) is 20.9 Å². The highest BCUT2D eigenvalue weighted by atomic mass is 79.9. The van der Waals surface area contributed by atoms with E-state index in [0.29, 0.717) is 10.5 Å². The zero-order valence-electron chi connectivity index (χ0n) is 8.26. The van der Waals surface area contributed by atoms with E-state index in [1.165, 1.54) is 0 Å². The van der Waals surface area contributed by atoms with Gasteiger partial charge in [0.25, 0.3) is 5.69 Å². The highest BCUT2D eigenvalue weighted by molar-refractivity contribution is 9.10. The molecule has 0 spiro atoms. The fourth-order valence-corrected chi connectivity index (χ4v) is 2.30. The Labute approximate surface area is 99.4 Å². The van der Waals surface area contributed by atoms with Gasteiger partial charge in [-0.15, -0.1) is 0 Å². The molecule has 0 atom stereocenters. The Bertz CT molecular complexity index is 589. The molecule has 0 bridgehead atoms. The summed E-state index contributed by atoms with van der Waals surface area (Å²) in [6.07, 6.45) is 4.03. The van der Waals surface area contributed by atoms with E-state index in [1.54, 1.807) is 18.5 Å². The highest BCUT2D eigenvalue weighted by Gasteiger charge is 2.26. The minimum Gasteiger partial charge on any atom is -0.327 e. The molecular formula is C10H8BrN3O2. The van der Waals surface area contributed by atoms with Crippen molar-refractivity contribution in [3.8, 4) is 0 Å². The van der Waals surface area contributed by atoms with Crippen LogP contribution in [0, 0.1) is 10.1 Å². The van der Waals surface area contributed by atoms with Crippen molar-refractivity contribution in [2.45, 2.75) is 18.9 Å². The predicted molar refractivity (Wildman–Crippen MR) is 62.4 cm³/mol. The largest absolute Gasteiger partial charge is 0.327 e. The van der Waals surface area contributed by atoms with Crippen molar-refractivity contribution in [3.05, 3.63) is 33.0 Å². The highest BCUT2D eigenvalue weighted by Crippen LogP contribution is 2.39. The number of nitro benzene ring substituents is 1. The van der Waals surface area contributed by atoms with Crippen molar-refractivity contribution < 1.29 is 4.92 Å². The fraction of sp³-hybridized carbons (Fsp3) is 0.300. The number of rotatable bonds is 2. The minimum absolute atomic E-state index is 0.0925. The Morgan fingerprint density at radius 3 is 2.88 bits per heavy atom. The van der Waals surface area contributed by atoms with Crippen LogP contribution < -0.4 is 0 Å². The monoisotopic (exact) mass is 281 g/mol. The number of nitrogens with zero attached hydrogens (tertiary/aromatic N) is 3. The van der Waals surface area contributed by atoms with Crippen molar-refractivity contribution in [3.63, 3.8) is 0 Å². The molecule has 0 saturated heterocycles. The van der Waals surface area contributed by atoms with Gasteiger partial charge in [-0.1, -0.05) is 0 Å². The maximum Gasteiger partial charge on any atom is 0.285 e. The van der Waals surface area contributed by atoms with E-state index >= 15 is 0 Å². The van der Waals surface area contributed by atoms with Crippen LogP contribution in [0.5, 0.6) is 0 Å². The second kappa shape index (κ2) is 3.28. The Morgan fingerprint density at radius 2 is 2.25 bits per heavy atom. The number of halogens is 1. The molecule has 82 valence electrons. The molecule has 0 amide bonds. The van der Waals surface area contributed by atoms with Gasteiger partial charge in [-0.05, 0) is 34.8 Å². The van der Waals surface area contributed by atoms with E-state index in [9.17, 15) is 10.1 Å². The number of hydrogen-bond acceptors (Lipinski definition) is 3. The summed E-state index contributed by atoms with van der Waals surface area (Å²) in [5, 5.41) is 10.8. The van der Waals surface area contributed by atoms with E-state index in [0.717, 1.165) is 23.9 Å². The smallest absolute Gasteiger partial charge is 0.285 e. The summed E-state index contributed by atoms with van der Waals surface area (Å²) in [6, 6.07) is 3.77. The van der Waals surface area contributed by atoms with Gasteiger partial charge in [0.05, 0.1) is 26.8 Å². The van der Waals surface area contributed by atoms with Crippen LogP contribution >= 0.6 is 15.9 Å². The Hall–Kier alpha value is -1.43. The van der Waals surface area contributed by atoms with Gasteiger partial charge in [0, 0.05) is 12.1 Å². The van der Waals surface area contributed by atoms with Gasteiger partial charge < -0.3 is 4.57 Å². The van der Waals surface area contributed by atoms with Gasteiger partial charge in [0.1, 0.15) is 0 Å². The van der Waals surface area contributed by atoms with Crippen LogP contribution in [0.2, 0.25) is 0 Å². The number of imidazole rings is 1. The fourth-order valence-electron chi connectivity index (χ4n) is 1.82. The molecule has 1 fully saturated rings. The third kappa shape index (κ3) is 1.41. The maximum atomic E-state index is 10.8.